The van der Waals surface area contributed by atoms with Gasteiger partial charge in [0.1, 0.15) is 25.5 Å². The van der Waals surface area contributed by atoms with Gasteiger partial charge in [0.05, 0.1) is 6.54 Å². The van der Waals surface area contributed by atoms with Crippen molar-refractivity contribution in [3.05, 3.63) is 60.4 Å². The summed E-state index contributed by atoms with van der Waals surface area (Å²) < 4.78 is 10.4. The highest BCUT2D eigenvalue weighted by Crippen LogP contribution is 2.14. The Balaban J connectivity index is 1.80. The highest BCUT2D eigenvalue weighted by atomic mass is 16.5. The van der Waals surface area contributed by atoms with Crippen molar-refractivity contribution < 1.29 is 19.1 Å². The summed E-state index contributed by atoms with van der Waals surface area (Å²) >= 11 is 0. The van der Waals surface area contributed by atoms with Crippen LogP contribution in [0.15, 0.2) is 54.8 Å². The third-order valence-electron chi connectivity index (χ3n) is 2.89. The molecule has 5 heteroatoms. The lowest BCUT2D eigenvalue weighted by atomic mass is 10.2. The SMILES string of the molecule is C=CCOC(=O)CN1CC(OCc2ccccc2)=CC1=O. The molecule has 0 fully saturated rings. The molecule has 1 aromatic rings. The number of amides is 1. The van der Waals surface area contributed by atoms with Crippen LogP contribution in [0, 0.1) is 0 Å². The van der Waals surface area contributed by atoms with Crippen molar-refractivity contribution in [1.29, 1.82) is 0 Å². The third kappa shape index (κ3) is 4.49. The number of hydrogen-bond acceptors (Lipinski definition) is 4. The fourth-order valence-electron chi connectivity index (χ4n) is 1.87. The number of carbonyl (C=O) groups is 2. The Morgan fingerprint density at radius 2 is 2.10 bits per heavy atom. The van der Waals surface area contributed by atoms with Crippen molar-refractivity contribution in [3.8, 4) is 0 Å². The maximum Gasteiger partial charge on any atom is 0.325 e. The molecular formula is C16H17NO4. The van der Waals surface area contributed by atoms with Crippen LogP contribution in [0.5, 0.6) is 0 Å². The molecule has 0 N–H and O–H groups in total. The van der Waals surface area contributed by atoms with Gasteiger partial charge in [-0.15, -0.1) is 0 Å². The molecule has 0 aromatic heterocycles. The zero-order valence-corrected chi connectivity index (χ0v) is 11.7. The Labute approximate surface area is 123 Å². The fraction of sp³-hybridized carbons (Fsp3) is 0.250. The summed E-state index contributed by atoms with van der Waals surface area (Å²) in [6, 6.07) is 9.67. The maximum absolute atomic E-state index is 11.7. The second kappa shape index (κ2) is 7.28. The summed E-state index contributed by atoms with van der Waals surface area (Å²) in [6.45, 7) is 4.20. The molecule has 0 saturated carbocycles. The van der Waals surface area contributed by atoms with E-state index in [1.54, 1.807) is 0 Å². The summed E-state index contributed by atoms with van der Waals surface area (Å²) in [6.07, 6.45) is 2.89. The average molecular weight is 287 g/mol. The van der Waals surface area contributed by atoms with Crippen LogP contribution in [0.3, 0.4) is 0 Å². The largest absolute Gasteiger partial charge is 0.491 e. The first kappa shape index (κ1) is 14.8. The van der Waals surface area contributed by atoms with E-state index in [9.17, 15) is 9.59 Å². The van der Waals surface area contributed by atoms with E-state index in [-0.39, 0.29) is 25.6 Å². The van der Waals surface area contributed by atoms with Gasteiger partial charge in [-0.3, -0.25) is 9.59 Å². The van der Waals surface area contributed by atoms with Gasteiger partial charge in [0.2, 0.25) is 0 Å². The molecule has 21 heavy (non-hydrogen) atoms. The monoisotopic (exact) mass is 287 g/mol. The van der Waals surface area contributed by atoms with E-state index in [4.69, 9.17) is 9.47 Å². The average Bonchev–Trinajstić information content (AvgIpc) is 2.84. The Kier molecular flexibility index (Phi) is 5.15. The highest BCUT2D eigenvalue weighted by molar-refractivity contribution is 5.93. The summed E-state index contributed by atoms with van der Waals surface area (Å²) in [4.78, 5) is 24.6. The van der Waals surface area contributed by atoms with Crippen molar-refractivity contribution in [1.82, 2.24) is 4.90 Å². The summed E-state index contributed by atoms with van der Waals surface area (Å²) in [5, 5.41) is 0. The molecular weight excluding hydrogens is 270 g/mol. The van der Waals surface area contributed by atoms with E-state index < -0.39 is 5.97 Å². The molecule has 1 aromatic carbocycles. The topological polar surface area (TPSA) is 55.8 Å². The van der Waals surface area contributed by atoms with Crippen LogP contribution in [0.4, 0.5) is 0 Å². The fourth-order valence-corrected chi connectivity index (χ4v) is 1.87. The first-order chi connectivity index (χ1) is 10.2. The van der Waals surface area contributed by atoms with E-state index in [0.29, 0.717) is 12.4 Å². The van der Waals surface area contributed by atoms with Gasteiger partial charge < -0.3 is 14.4 Å². The number of ether oxygens (including phenoxy) is 2. The van der Waals surface area contributed by atoms with Gasteiger partial charge >= 0.3 is 5.97 Å². The molecule has 0 unspecified atom stereocenters. The van der Waals surface area contributed by atoms with Gasteiger partial charge in [-0.05, 0) is 5.56 Å². The molecule has 5 nitrogen and oxygen atoms in total. The van der Waals surface area contributed by atoms with Gasteiger partial charge in [-0.1, -0.05) is 43.0 Å². The number of carbonyl (C=O) groups excluding carboxylic acids is 2. The quantitative estimate of drug-likeness (QED) is 0.565. The van der Waals surface area contributed by atoms with Crippen LogP contribution in [-0.4, -0.2) is 36.5 Å². The van der Waals surface area contributed by atoms with Gasteiger partial charge in [0.25, 0.3) is 5.91 Å². The standard InChI is InChI=1S/C16H17NO4/c1-2-8-20-16(19)11-17-10-14(9-15(17)18)21-12-13-6-4-3-5-7-13/h2-7,9H,1,8,10-12H2. The van der Waals surface area contributed by atoms with Crippen LogP contribution in [0.1, 0.15) is 5.56 Å². The Morgan fingerprint density at radius 3 is 2.81 bits per heavy atom. The summed E-state index contributed by atoms with van der Waals surface area (Å²) in [5.74, 6) is -0.144. The molecule has 0 aliphatic carbocycles. The molecule has 110 valence electrons. The van der Waals surface area contributed by atoms with E-state index in [1.165, 1.54) is 17.1 Å². The van der Waals surface area contributed by atoms with Crippen LogP contribution >= 0.6 is 0 Å². The van der Waals surface area contributed by atoms with E-state index in [2.05, 4.69) is 6.58 Å². The number of rotatable bonds is 7. The van der Waals surface area contributed by atoms with Crippen LogP contribution in [0.25, 0.3) is 0 Å². The summed E-state index contributed by atoms with van der Waals surface area (Å²) in [5.41, 5.74) is 1.02. The molecule has 0 saturated heterocycles. The Morgan fingerprint density at radius 1 is 1.33 bits per heavy atom. The smallest absolute Gasteiger partial charge is 0.325 e. The zero-order chi connectivity index (χ0) is 15.1. The Bertz CT molecular complexity index is 551. The first-order valence-electron chi connectivity index (χ1n) is 6.62. The van der Waals surface area contributed by atoms with Crippen molar-refractivity contribution in [3.63, 3.8) is 0 Å². The van der Waals surface area contributed by atoms with E-state index >= 15 is 0 Å². The van der Waals surface area contributed by atoms with Crippen molar-refractivity contribution in [2.45, 2.75) is 6.61 Å². The van der Waals surface area contributed by atoms with Crippen molar-refractivity contribution in [2.24, 2.45) is 0 Å². The second-order valence-corrected chi connectivity index (χ2v) is 4.55. The molecule has 0 spiro atoms. The molecule has 1 aliphatic heterocycles. The van der Waals surface area contributed by atoms with Crippen LogP contribution in [-0.2, 0) is 25.7 Å². The number of benzene rings is 1. The normalized spacial score (nSPS) is 13.8. The molecule has 0 radical (unpaired) electrons. The van der Waals surface area contributed by atoms with Crippen molar-refractivity contribution >= 4 is 11.9 Å². The lowest BCUT2D eigenvalue weighted by Crippen LogP contribution is -2.33. The summed E-state index contributed by atoms with van der Waals surface area (Å²) in [7, 11) is 0. The minimum Gasteiger partial charge on any atom is -0.491 e. The lowest BCUT2D eigenvalue weighted by molar-refractivity contribution is -0.146. The predicted molar refractivity (Wildman–Crippen MR) is 77.1 cm³/mol. The van der Waals surface area contributed by atoms with E-state index in [1.807, 2.05) is 30.3 Å². The highest BCUT2D eigenvalue weighted by Gasteiger charge is 2.25. The van der Waals surface area contributed by atoms with Gasteiger partial charge in [-0.2, -0.15) is 0 Å². The van der Waals surface area contributed by atoms with Gasteiger partial charge in [0.15, 0.2) is 0 Å². The molecule has 0 atom stereocenters. The molecule has 2 rings (SSSR count). The molecule has 0 bridgehead atoms. The van der Waals surface area contributed by atoms with Crippen molar-refractivity contribution in [2.75, 3.05) is 19.7 Å². The Hall–Kier alpha value is -2.56. The lowest BCUT2D eigenvalue weighted by Gasteiger charge is -2.15. The van der Waals surface area contributed by atoms with E-state index in [0.717, 1.165) is 5.56 Å². The molecule has 1 amide bonds. The van der Waals surface area contributed by atoms with Crippen LogP contribution < -0.4 is 0 Å². The molecule has 1 aliphatic rings. The van der Waals surface area contributed by atoms with Gasteiger partial charge in [-0.25, -0.2) is 0 Å². The molecule has 1 heterocycles. The van der Waals surface area contributed by atoms with Gasteiger partial charge in [0, 0.05) is 6.08 Å². The number of hydrogen-bond donors (Lipinski definition) is 0. The third-order valence-corrected chi connectivity index (χ3v) is 2.89. The number of esters is 1. The first-order valence-corrected chi connectivity index (χ1v) is 6.62. The van der Waals surface area contributed by atoms with Crippen LogP contribution in [0.2, 0.25) is 0 Å². The predicted octanol–water partition coefficient (Wildman–Crippen LogP) is 1.66. The second-order valence-electron chi connectivity index (χ2n) is 4.55. The minimum absolute atomic E-state index is 0.0820. The minimum atomic E-state index is -0.457. The maximum atomic E-state index is 11.7. The zero-order valence-electron chi connectivity index (χ0n) is 11.7. The number of nitrogens with zero attached hydrogens (tertiary/aromatic N) is 1.